The third-order valence-corrected chi connectivity index (χ3v) is 5.07. The lowest BCUT2D eigenvalue weighted by Gasteiger charge is -2.33. The van der Waals surface area contributed by atoms with Gasteiger partial charge < -0.3 is 9.64 Å². The van der Waals surface area contributed by atoms with Crippen LogP contribution in [0.2, 0.25) is 0 Å². The quantitative estimate of drug-likeness (QED) is 0.905. The first-order chi connectivity index (χ1) is 11.2. The summed E-state index contributed by atoms with van der Waals surface area (Å²) < 4.78 is 5.54. The van der Waals surface area contributed by atoms with Crippen LogP contribution in [0.5, 0.6) is 0 Å². The van der Waals surface area contributed by atoms with Gasteiger partial charge in [0.15, 0.2) is 0 Å². The van der Waals surface area contributed by atoms with E-state index in [0.29, 0.717) is 17.7 Å². The van der Waals surface area contributed by atoms with Crippen LogP contribution in [-0.2, 0) is 16.0 Å². The lowest BCUT2D eigenvalue weighted by molar-refractivity contribution is -0.134. The van der Waals surface area contributed by atoms with Gasteiger partial charge in [-0.1, -0.05) is 18.2 Å². The van der Waals surface area contributed by atoms with Crippen molar-refractivity contribution in [3.63, 3.8) is 0 Å². The molecule has 6 nitrogen and oxygen atoms in total. The van der Waals surface area contributed by atoms with Gasteiger partial charge in [0.25, 0.3) is 5.56 Å². The van der Waals surface area contributed by atoms with Gasteiger partial charge in [0.1, 0.15) is 0 Å². The summed E-state index contributed by atoms with van der Waals surface area (Å²) in [5.41, 5.74) is 0.291. The Bertz CT molecular complexity index is 803. The minimum absolute atomic E-state index is 0.0673. The Morgan fingerprint density at radius 2 is 2.13 bits per heavy atom. The van der Waals surface area contributed by atoms with Crippen molar-refractivity contribution in [1.29, 1.82) is 0 Å². The predicted molar refractivity (Wildman–Crippen MR) is 85.2 cm³/mol. The maximum Gasteiger partial charge on any atom is 0.272 e. The second-order valence-corrected chi connectivity index (χ2v) is 6.40. The second kappa shape index (κ2) is 5.45. The van der Waals surface area contributed by atoms with E-state index in [2.05, 4.69) is 10.2 Å². The van der Waals surface area contributed by atoms with E-state index in [1.807, 2.05) is 23.1 Å². The number of ether oxygens (including phenoxy) is 1. The van der Waals surface area contributed by atoms with Crippen LogP contribution >= 0.6 is 0 Å². The summed E-state index contributed by atoms with van der Waals surface area (Å²) in [6, 6.07) is 7.28. The number of carbonyl (C=O) groups is 1. The molecule has 1 unspecified atom stereocenters. The van der Waals surface area contributed by atoms with Crippen molar-refractivity contribution in [3.05, 3.63) is 40.3 Å². The third kappa shape index (κ3) is 2.34. The molecule has 0 saturated carbocycles. The molecule has 2 saturated heterocycles. The number of amides is 1. The van der Waals surface area contributed by atoms with Crippen LogP contribution in [0.4, 0.5) is 0 Å². The number of aromatic nitrogens is 2. The summed E-state index contributed by atoms with van der Waals surface area (Å²) in [7, 11) is 0. The fourth-order valence-electron chi connectivity index (χ4n) is 3.88. The maximum absolute atomic E-state index is 12.8. The van der Waals surface area contributed by atoms with Crippen LogP contribution < -0.4 is 5.56 Å². The van der Waals surface area contributed by atoms with Gasteiger partial charge in [-0.3, -0.25) is 9.59 Å². The topological polar surface area (TPSA) is 75.3 Å². The van der Waals surface area contributed by atoms with Gasteiger partial charge >= 0.3 is 0 Å². The third-order valence-electron chi connectivity index (χ3n) is 5.07. The molecule has 0 bridgehead atoms. The molecule has 6 heteroatoms. The summed E-state index contributed by atoms with van der Waals surface area (Å²) >= 11 is 0. The predicted octanol–water partition coefficient (Wildman–Crippen LogP) is 1.25. The molecule has 4 rings (SSSR count). The van der Waals surface area contributed by atoms with Crippen molar-refractivity contribution in [2.75, 3.05) is 19.8 Å². The highest BCUT2D eigenvalue weighted by Gasteiger charge is 2.46. The molecule has 1 aromatic heterocycles. The molecule has 1 aromatic carbocycles. The average molecular weight is 313 g/mol. The number of hydrogen-bond acceptors (Lipinski definition) is 4. The first kappa shape index (κ1) is 14.4. The van der Waals surface area contributed by atoms with Crippen LogP contribution in [0, 0.1) is 0 Å². The smallest absolute Gasteiger partial charge is 0.272 e. The fourth-order valence-corrected chi connectivity index (χ4v) is 3.88. The minimum Gasteiger partial charge on any atom is -0.379 e. The zero-order valence-corrected chi connectivity index (χ0v) is 12.9. The van der Waals surface area contributed by atoms with Gasteiger partial charge in [0.05, 0.1) is 29.6 Å². The van der Waals surface area contributed by atoms with Gasteiger partial charge in [-0.2, -0.15) is 5.10 Å². The van der Waals surface area contributed by atoms with Crippen LogP contribution in [0.25, 0.3) is 10.8 Å². The number of nitrogens with zero attached hydrogens (tertiary/aromatic N) is 2. The number of benzene rings is 1. The maximum atomic E-state index is 12.8. The molecular weight excluding hydrogens is 294 g/mol. The molecule has 1 amide bonds. The normalized spacial score (nSPS) is 23.9. The number of rotatable bonds is 2. The molecule has 120 valence electrons. The van der Waals surface area contributed by atoms with Crippen molar-refractivity contribution >= 4 is 16.7 Å². The van der Waals surface area contributed by atoms with E-state index in [4.69, 9.17) is 4.74 Å². The Morgan fingerprint density at radius 3 is 2.91 bits per heavy atom. The van der Waals surface area contributed by atoms with Gasteiger partial charge in [0, 0.05) is 18.5 Å². The molecule has 3 heterocycles. The monoisotopic (exact) mass is 313 g/mol. The highest BCUT2D eigenvalue weighted by Crippen LogP contribution is 2.36. The van der Waals surface area contributed by atoms with E-state index < -0.39 is 0 Å². The molecule has 0 radical (unpaired) electrons. The Morgan fingerprint density at radius 1 is 1.30 bits per heavy atom. The van der Waals surface area contributed by atoms with E-state index in [9.17, 15) is 9.59 Å². The van der Waals surface area contributed by atoms with Gasteiger partial charge in [-0.15, -0.1) is 0 Å². The first-order valence-corrected chi connectivity index (χ1v) is 8.04. The van der Waals surface area contributed by atoms with Gasteiger partial charge in [-0.25, -0.2) is 5.10 Å². The van der Waals surface area contributed by atoms with Crippen LogP contribution in [-0.4, -0.2) is 46.3 Å². The van der Waals surface area contributed by atoms with Crippen LogP contribution in [0.1, 0.15) is 25.0 Å². The van der Waals surface area contributed by atoms with Gasteiger partial charge in [-0.05, 0) is 25.3 Å². The molecule has 2 fully saturated rings. The highest BCUT2D eigenvalue weighted by molar-refractivity contribution is 5.88. The van der Waals surface area contributed by atoms with Crippen molar-refractivity contribution < 1.29 is 9.53 Å². The van der Waals surface area contributed by atoms with E-state index in [1.165, 1.54) is 0 Å². The molecule has 0 aliphatic carbocycles. The Hall–Kier alpha value is -2.21. The zero-order valence-electron chi connectivity index (χ0n) is 12.9. The molecular formula is C17H19N3O3. The SMILES string of the molecule is O=C(Cc1n[nH]c(=O)c2ccccc12)N1CCCC12CCOC2. The van der Waals surface area contributed by atoms with Crippen molar-refractivity contribution in [2.45, 2.75) is 31.2 Å². The Kier molecular flexibility index (Phi) is 3.41. The van der Waals surface area contributed by atoms with Crippen LogP contribution in [0.15, 0.2) is 29.1 Å². The average Bonchev–Trinajstić information content (AvgIpc) is 3.21. The second-order valence-electron chi connectivity index (χ2n) is 6.40. The van der Waals surface area contributed by atoms with E-state index >= 15 is 0 Å². The number of H-pyrrole nitrogens is 1. The minimum atomic E-state index is -0.223. The number of carbonyl (C=O) groups excluding carboxylic acids is 1. The Balaban J connectivity index is 1.65. The largest absolute Gasteiger partial charge is 0.379 e. The standard InChI is InChI=1S/C17H19N3O3/c21-15(20-8-3-6-17(20)7-9-23-11-17)10-14-12-4-1-2-5-13(12)16(22)19-18-14/h1-2,4-5H,3,6-11H2,(H,19,22). The first-order valence-electron chi connectivity index (χ1n) is 8.04. The molecule has 1 spiro atoms. The lowest BCUT2D eigenvalue weighted by Crippen LogP contribution is -2.48. The molecule has 1 N–H and O–H groups in total. The zero-order chi connectivity index (χ0) is 15.9. The summed E-state index contributed by atoms with van der Waals surface area (Å²) in [6.45, 7) is 2.14. The van der Waals surface area contributed by atoms with E-state index in [-0.39, 0.29) is 23.4 Å². The summed E-state index contributed by atoms with van der Waals surface area (Å²) in [5.74, 6) is 0.0673. The Labute approximate surface area is 133 Å². The van der Waals surface area contributed by atoms with Crippen molar-refractivity contribution in [1.82, 2.24) is 15.1 Å². The van der Waals surface area contributed by atoms with Crippen molar-refractivity contribution in [3.8, 4) is 0 Å². The van der Waals surface area contributed by atoms with E-state index in [1.54, 1.807) is 6.07 Å². The summed E-state index contributed by atoms with van der Waals surface area (Å²) in [6.07, 6.45) is 3.16. The van der Waals surface area contributed by atoms with Crippen LogP contribution in [0.3, 0.4) is 0 Å². The molecule has 2 aliphatic rings. The summed E-state index contributed by atoms with van der Waals surface area (Å²) in [5, 5.41) is 7.94. The summed E-state index contributed by atoms with van der Waals surface area (Å²) in [4.78, 5) is 26.7. The lowest BCUT2D eigenvalue weighted by atomic mass is 9.95. The number of hydrogen-bond donors (Lipinski definition) is 1. The van der Waals surface area contributed by atoms with Crippen molar-refractivity contribution in [2.24, 2.45) is 0 Å². The number of nitrogens with one attached hydrogen (secondary N) is 1. The fraction of sp³-hybridized carbons (Fsp3) is 0.471. The number of fused-ring (bicyclic) bond motifs is 1. The highest BCUT2D eigenvalue weighted by atomic mass is 16.5. The van der Waals surface area contributed by atoms with Gasteiger partial charge in [0.2, 0.25) is 5.91 Å². The molecule has 1 atom stereocenters. The molecule has 2 aliphatic heterocycles. The number of likely N-dealkylation sites (tertiary alicyclic amines) is 1. The molecule has 23 heavy (non-hydrogen) atoms. The van der Waals surface area contributed by atoms with E-state index in [0.717, 1.165) is 37.8 Å². The number of aromatic amines is 1. The molecule has 2 aromatic rings.